The molecule has 2 N–H and O–H groups in total. The molecule has 8 heteroatoms. The van der Waals surface area contributed by atoms with Crippen molar-refractivity contribution in [2.75, 3.05) is 19.8 Å². The maximum absolute atomic E-state index is 11.5. The van der Waals surface area contributed by atoms with Crippen LogP contribution >= 0.6 is 0 Å². The van der Waals surface area contributed by atoms with Crippen LogP contribution in [-0.4, -0.2) is 40.3 Å². The lowest BCUT2D eigenvalue weighted by molar-refractivity contribution is -0.154. The summed E-state index contributed by atoms with van der Waals surface area (Å²) >= 11 is 0. The van der Waals surface area contributed by atoms with Gasteiger partial charge in [-0.25, -0.2) is 18.4 Å². The van der Waals surface area contributed by atoms with Crippen LogP contribution in [0, 0.1) is 0 Å². The highest BCUT2D eigenvalue weighted by atomic mass is 32.2. The van der Waals surface area contributed by atoms with Crippen molar-refractivity contribution < 1.29 is 27.4 Å². The van der Waals surface area contributed by atoms with E-state index in [2.05, 4.69) is 0 Å². The molecular formula is C13H17NO6S. The molecule has 0 unspecified atom stereocenters. The van der Waals surface area contributed by atoms with Gasteiger partial charge in [0.2, 0.25) is 10.0 Å². The van der Waals surface area contributed by atoms with Gasteiger partial charge in [0.05, 0.1) is 4.90 Å². The molecule has 21 heavy (non-hydrogen) atoms. The standard InChI is InChI=1S/C13H17NO6S/c14-21(16,17)11-5-3-10(4-6-11)18-8-9-20-13(15)12-2-1-7-19-12/h3-6,12H,1-2,7-9H2,(H2,14,16,17)/t12-/m1/s1. The maximum Gasteiger partial charge on any atom is 0.335 e. The molecule has 0 radical (unpaired) electrons. The van der Waals surface area contributed by atoms with Gasteiger partial charge in [-0.3, -0.25) is 0 Å². The van der Waals surface area contributed by atoms with Crippen LogP contribution in [-0.2, 0) is 24.3 Å². The van der Waals surface area contributed by atoms with Crippen molar-refractivity contribution in [2.45, 2.75) is 23.8 Å². The lowest BCUT2D eigenvalue weighted by Crippen LogP contribution is -2.24. The molecule has 0 bridgehead atoms. The van der Waals surface area contributed by atoms with Crippen LogP contribution in [0.4, 0.5) is 0 Å². The Balaban J connectivity index is 1.72. The Morgan fingerprint density at radius 2 is 2.00 bits per heavy atom. The highest BCUT2D eigenvalue weighted by Crippen LogP contribution is 2.15. The highest BCUT2D eigenvalue weighted by Gasteiger charge is 2.24. The van der Waals surface area contributed by atoms with Crippen molar-refractivity contribution in [1.82, 2.24) is 0 Å². The summed E-state index contributed by atoms with van der Waals surface area (Å²) in [4.78, 5) is 11.5. The fourth-order valence-corrected chi connectivity index (χ4v) is 2.40. The Hall–Kier alpha value is -1.64. The minimum atomic E-state index is -3.70. The fraction of sp³-hybridized carbons (Fsp3) is 0.462. The second kappa shape index (κ2) is 6.88. The number of carbonyl (C=O) groups excluding carboxylic acids is 1. The number of ether oxygens (including phenoxy) is 3. The average Bonchev–Trinajstić information content (AvgIpc) is 2.97. The molecule has 2 rings (SSSR count). The summed E-state index contributed by atoms with van der Waals surface area (Å²) in [6, 6.07) is 5.68. The lowest BCUT2D eigenvalue weighted by Gasteiger charge is -2.10. The van der Waals surface area contributed by atoms with Crippen LogP contribution in [0.15, 0.2) is 29.2 Å². The molecule has 1 saturated heterocycles. The predicted molar refractivity (Wildman–Crippen MR) is 73.2 cm³/mol. The molecular weight excluding hydrogens is 298 g/mol. The Kier molecular flexibility index (Phi) is 5.16. The number of rotatable bonds is 6. The molecule has 7 nitrogen and oxygen atoms in total. The number of sulfonamides is 1. The van der Waals surface area contributed by atoms with Crippen molar-refractivity contribution in [3.05, 3.63) is 24.3 Å². The molecule has 1 aromatic rings. The van der Waals surface area contributed by atoms with Crippen LogP contribution < -0.4 is 9.88 Å². The minimum Gasteiger partial charge on any atom is -0.490 e. The molecule has 0 aromatic heterocycles. The largest absolute Gasteiger partial charge is 0.490 e. The summed E-state index contributed by atoms with van der Waals surface area (Å²) in [5, 5.41) is 4.98. The molecule has 0 spiro atoms. The van der Waals surface area contributed by atoms with E-state index in [1.807, 2.05) is 0 Å². The monoisotopic (exact) mass is 315 g/mol. The van der Waals surface area contributed by atoms with E-state index in [9.17, 15) is 13.2 Å². The summed E-state index contributed by atoms with van der Waals surface area (Å²) in [6.45, 7) is 0.871. The van der Waals surface area contributed by atoms with Crippen molar-refractivity contribution in [3.8, 4) is 5.75 Å². The van der Waals surface area contributed by atoms with Gasteiger partial charge in [-0.05, 0) is 37.1 Å². The number of hydrogen-bond acceptors (Lipinski definition) is 6. The Labute approximate surface area is 123 Å². The third-order valence-corrected chi connectivity index (χ3v) is 3.87. The summed E-state index contributed by atoms with van der Waals surface area (Å²) in [7, 11) is -3.70. The molecule has 116 valence electrons. The van der Waals surface area contributed by atoms with Crippen molar-refractivity contribution >= 4 is 16.0 Å². The van der Waals surface area contributed by atoms with Crippen molar-refractivity contribution in [1.29, 1.82) is 0 Å². The molecule has 1 atom stereocenters. The summed E-state index contributed by atoms with van der Waals surface area (Å²) in [6.07, 6.45) is 1.10. The normalized spacial score (nSPS) is 18.4. The molecule has 1 aromatic carbocycles. The molecule has 1 fully saturated rings. The number of hydrogen-bond donors (Lipinski definition) is 1. The second-order valence-electron chi connectivity index (χ2n) is 4.53. The van der Waals surface area contributed by atoms with E-state index in [4.69, 9.17) is 19.3 Å². The van der Waals surface area contributed by atoms with Crippen LogP contribution in [0.5, 0.6) is 5.75 Å². The summed E-state index contributed by atoms with van der Waals surface area (Å²) < 4.78 is 37.7. The zero-order valence-electron chi connectivity index (χ0n) is 11.4. The zero-order valence-corrected chi connectivity index (χ0v) is 12.2. The van der Waals surface area contributed by atoms with Gasteiger partial charge in [-0.1, -0.05) is 0 Å². The average molecular weight is 315 g/mol. The van der Waals surface area contributed by atoms with Gasteiger partial charge in [-0.15, -0.1) is 0 Å². The SMILES string of the molecule is NS(=O)(=O)c1ccc(OCCOC(=O)[C@H]2CCCO2)cc1. The van der Waals surface area contributed by atoms with Gasteiger partial charge in [0.1, 0.15) is 19.0 Å². The summed E-state index contributed by atoms with van der Waals surface area (Å²) in [5.74, 6) is 0.0937. The van der Waals surface area contributed by atoms with Crippen LogP contribution in [0.25, 0.3) is 0 Å². The first-order chi connectivity index (χ1) is 9.97. The van der Waals surface area contributed by atoms with E-state index in [0.717, 1.165) is 6.42 Å². The minimum absolute atomic E-state index is 0.0136. The van der Waals surface area contributed by atoms with Gasteiger partial charge >= 0.3 is 5.97 Å². The maximum atomic E-state index is 11.5. The lowest BCUT2D eigenvalue weighted by atomic mass is 10.2. The van der Waals surface area contributed by atoms with Crippen LogP contribution in [0.1, 0.15) is 12.8 Å². The smallest absolute Gasteiger partial charge is 0.335 e. The van der Waals surface area contributed by atoms with E-state index in [1.165, 1.54) is 24.3 Å². The van der Waals surface area contributed by atoms with E-state index < -0.39 is 16.1 Å². The predicted octanol–water partition coefficient (Wildman–Crippen LogP) is 0.435. The molecule has 0 saturated carbocycles. The Morgan fingerprint density at radius 3 is 2.57 bits per heavy atom. The van der Waals surface area contributed by atoms with Gasteiger partial charge in [0, 0.05) is 6.61 Å². The number of primary sulfonamides is 1. The fourth-order valence-electron chi connectivity index (χ4n) is 1.88. The topological polar surface area (TPSA) is 105 Å². The molecule has 0 amide bonds. The first-order valence-electron chi connectivity index (χ1n) is 6.51. The molecule has 1 heterocycles. The number of esters is 1. The summed E-state index contributed by atoms with van der Waals surface area (Å²) in [5.41, 5.74) is 0. The first kappa shape index (κ1) is 15.7. The Morgan fingerprint density at radius 1 is 1.29 bits per heavy atom. The van der Waals surface area contributed by atoms with E-state index >= 15 is 0 Å². The van der Waals surface area contributed by atoms with Gasteiger partial charge in [0.25, 0.3) is 0 Å². The van der Waals surface area contributed by atoms with Crippen molar-refractivity contribution in [2.24, 2.45) is 5.14 Å². The molecule has 1 aliphatic heterocycles. The van der Waals surface area contributed by atoms with E-state index in [1.54, 1.807) is 0 Å². The quantitative estimate of drug-likeness (QED) is 0.603. The number of benzene rings is 1. The van der Waals surface area contributed by atoms with Crippen LogP contribution in [0.3, 0.4) is 0 Å². The van der Waals surface area contributed by atoms with E-state index in [-0.39, 0.29) is 24.1 Å². The third kappa shape index (κ3) is 4.69. The number of carbonyl (C=O) groups is 1. The second-order valence-corrected chi connectivity index (χ2v) is 6.10. The van der Waals surface area contributed by atoms with Crippen LogP contribution in [0.2, 0.25) is 0 Å². The zero-order chi connectivity index (χ0) is 15.3. The third-order valence-electron chi connectivity index (χ3n) is 2.94. The van der Waals surface area contributed by atoms with Gasteiger partial charge < -0.3 is 14.2 Å². The van der Waals surface area contributed by atoms with Gasteiger partial charge in [0.15, 0.2) is 6.10 Å². The first-order valence-corrected chi connectivity index (χ1v) is 8.05. The number of nitrogens with two attached hydrogens (primary N) is 1. The van der Waals surface area contributed by atoms with E-state index in [0.29, 0.717) is 18.8 Å². The molecule has 0 aliphatic carbocycles. The highest BCUT2D eigenvalue weighted by molar-refractivity contribution is 7.89. The molecule has 1 aliphatic rings. The Bertz CT molecular complexity index is 577. The van der Waals surface area contributed by atoms with Crippen molar-refractivity contribution in [3.63, 3.8) is 0 Å². The van der Waals surface area contributed by atoms with Gasteiger partial charge in [-0.2, -0.15) is 0 Å².